The summed E-state index contributed by atoms with van der Waals surface area (Å²) >= 11 is 6.92. The molecular weight excluding hydrogens is 408 g/mol. The van der Waals surface area contributed by atoms with Crippen molar-refractivity contribution in [1.82, 2.24) is 5.01 Å². The number of hydrazone groups is 1. The Kier molecular flexibility index (Phi) is 4.45. The number of rotatable bonds is 2. The SMILES string of the molecule is CC(=O)N1N=C(c2ccc(Br)cc2)CC1c1cccc(Br)c1. The van der Waals surface area contributed by atoms with Crippen LogP contribution >= 0.6 is 31.9 Å². The quantitative estimate of drug-likeness (QED) is 0.677. The molecule has 0 fully saturated rings. The van der Waals surface area contributed by atoms with Crippen LogP contribution in [0.5, 0.6) is 0 Å². The van der Waals surface area contributed by atoms with Gasteiger partial charge in [0.1, 0.15) is 0 Å². The van der Waals surface area contributed by atoms with Crippen molar-refractivity contribution >= 4 is 43.5 Å². The maximum atomic E-state index is 11.9. The highest BCUT2D eigenvalue weighted by Gasteiger charge is 2.31. The summed E-state index contributed by atoms with van der Waals surface area (Å²) in [6, 6.07) is 16.0. The number of hydrogen-bond donors (Lipinski definition) is 0. The summed E-state index contributed by atoms with van der Waals surface area (Å²) < 4.78 is 2.03. The Hall–Kier alpha value is -1.46. The molecule has 1 aliphatic rings. The van der Waals surface area contributed by atoms with Crippen molar-refractivity contribution in [3.63, 3.8) is 0 Å². The Balaban J connectivity index is 1.94. The number of halogens is 2. The lowest BCUT2D eigenvalue weighted by Gasteiger charge is -2.20. The summed E-state index contributed by atoms with van der Waals surface area (Å²) in [6.07, 6.45) is 0.720. The average molecular weight is 422 g/mol. The second-order valence-electron chi connectivity index (χ2n) is 5.19. The van der Waals surface area contributed by atoms with Crippen molar-refractivity contribution in [2.45, 2.75) is 19.4 Å². The summed E-state index contributed by atoms with van der Waals surface area (Å²) in [5, 5.41) is 6.13. The first-order chi connectivity index (χ1) is 10.5. The molecule has 1 aliphatic heterocycles. The van der Waals surface area contributed by atoms with Crippen LogP contribution in [0.15, 0.2) is 62.6 Å². The molecule has 1 heterocycles. The minimum Gasteiger partial charge on any atom is -0.273 e. The predicted molar refractivity (Wildman–Crippen MR) is 94.7 cm³/mol. The third kappa shape index (κ3) is 3.15. The molecular formula is C17H14Br2N2O. The van der Waals surface area contributed by atoms with Crippen LogP contribution in [0.2, 0.25) is 0 Å². The molecule has 0 radical (unpaired) electrons. The van der Waals surface area contributed by atoms with Crippen LogP contribution in [0.1, 0.15) is 30.5 Å². The second-order valence-corrected chi connectivity index (χ2v) is 7.02. The molecule has 0 saturated heterocycles. The van der Waals surface area contributed by atoms with E-state index in [4.69, 9.17) is 0 Å². The van der Waals surface area contributed by atoms with Gasteiger partial charge in [-0.2, -0.15) is 5.10 Å². The summed E-state index contributed by atoms with van der Waals surface area (Å²) in [5.41, 5.74) is 3.07. The highest BCUT2D eigenvalue weighted by molar-refractivity contribution is 9.10. The fourth-order valence-electron chi connectivity index (χ4n) is 2.59. The highest BCUT2D eigenvalue weighted by Crippen LogP contribution is 2.33. The van der Waals surface area contributed by atoms with Crippen LogP contribution in [-0.4, -0.2) is 16.6 Å². The molecule has 3 rings (SSSR count). The third-order valence-corrected chi connectivity index (χ3v) is 4.67. The number of amides is 1. The molecule has 0 aromatic heterocycles. The molecule has 112 valence electrons. The first-order valence-corrected chi connectivity index (χ1v) is 8.52. The van der Waals surface area contributed by atoms with E-state index in [1.807, 2.05) is 48.5 Å². The Morgan fingerprint density at radius 1 is 1.14 bits per heavy atom. The zero-order valence-corrected chi connectivity index (χ0v) is 15.1. The Labute approximate surface area is 146 Å². The molecule has 1 unspecified atom stereocenters. The van der Waals surface area contributed by atoms with E-state index in [9.17, 15) is 4.79 Å². The molecule has 0 bridgehead atoms. The Morgan fingerprint density at radius 2 is 1.86 bits per heavy atom. The van der Waals surface area contributed by atoms with Crippen molar-refractivity contribution in [3.05, 3.63) is 68.6 Å². The Morgan fingerprint density at radius 3 is 2.50 bits per heavy atom. The molecule has 0 spiro atoms. The fraction of sp³-hybridized carbons (Fsp3) is 0.176. The van der Waals surface area contributed by atoms with Crippen LogP contribution in [0, 0.1) is 0 Å². The molecule has 3 nitrogen and oxygen atoms in total. The highest BCUT2D eigenvalue weighted by atomic mass is 79.9. The zero-order chi connectivity index (χ0) is 15.7. The van der Waals surface area contributed by atoms with Crippen molar-refractivity contribution in [3.8, 4) is 0 Å². The van der Waals surface area contributed by atoms with Gasteiger partial charge < -0.3 is 0 Å². The van der Waals surface area contributed by atoms with Gasteiger partial charge in [0, 0.05) is 22.3 Å². The van der Waals surface area contributed by atoms with Crippen molar-refractivity contribution in [1.29, 1.82) is 0 Å². The fourth-order valence-corrected chi connectivity index (χ4v) is 3.27. The van der Waals surface area contributed by atoms with E-state index in [-0.39, 0.29) is 11.9 Å². The minimum atomic E-state index is -0.0475. The van der Waals surface area contributed by atoms with Crippen LogP contribution in [-0.2, 0) is 4.79 Å². The topological polar surface area (TPSA) is 32.7 Å². The lowest BCUT2D eigenvalue weighted by Crippen LogP contribution is -2.24. The van der Waals surface area contributed by atoms with E-state index in [0.717, 1.165) is 32.2 Å². The van der Waals surface area contributed by atoms with Crippen LogP contribution in [0.3, 0.4) is 0 Å². The van der Waals surface area contributed by atoms with E-state index in [0.29, 0.717) is 0 Å². The molecule has 1 amide bonds. The van der Waals surface area contributed by atoms with Crippen LogP contribution < -0.4 is 0 Å². The van der Waals surface area contributed by atoms with Gasteiger partial charge in [-0.3, -0.25) is 4.79 Å². The van der Waals surface area contributed by atoms with Gasteiger partial charge in [-0.25, -0.2) is 5.01 Å². The van der Waals surface area contributed by atoms with E-state index in [2.05, 4.69) is 37.0 Å². The zero-order valence-electron chi connectivity index (χ0n) is 12.0. The van der Waals surface area contributed by atoms with Gasteiger partial charge in [-0.05, 0) is 35.4 Å². The molecule has 2 aromatic carbocycles. The van der Waals surface area contributed by atoms with Crippen LogP contribution in [0.25, 0.3) is 0 Å². The summed E-state index contributed by atoms with van der Waals surface area (Å²) in [5.74, 6) is -0.0444. The summed E-state index contributed by atoms with van der Waals surface area (Å²) in [4.78, 5) is 11.9. The van der Waals surface area contributed by atoms with E-state index in [1.54, 1.807) is 11.9 Å². The molecule has 0 saturated carbocycles. The van der Waals surface area contributed by atoms with Gasteiger partial charge in [0.05, 0.1) is 11.8 Å². The number of carbonyl (C=O) groups excluding carboxylic acids is 1. The van der Waals surface area contributed by atoms with Gasteiger partial charge in [-0.15, -0.1) is 0 Å². The monoisotopic (exact) mass is 420 g/mol. The average Bonchev–Trinajstić information content (AvgIpc) is 2.93. The number of nitrogens with zero attached hydrogens (tertiary/aromatic N) is 2. The standard InChI is InChI=1S/C17H14Br2N2O/c1-11(22)21-17(13-3-2-4-15(19)9-13)10-16(20-21)12-5-7-14(18)8-6-12/h2-9,17H,10H2,1H3. The maximum absolute atomic E-state index is 11.9. The van der Waals surface area contributed by atoms with E-state index in [1.165, 1.54) is 0 Å². The van der Waals surface area contributed by atoms with Gasteiger partial charge in [0.2, 0.25) is 5.91 Å². The lowest BCUT2D eigenvalue weighted by molar-refractivity contribution is -0.130. The van der Waals surface area contributed by atoms with Gasteiger partial charge in [-0.1, -0.05) is 56.1 Å². The predicted octanol–water partition coefficient (Wildman–Crippen LogP) is 4.91. The third-order valence-electron chi connectivity index (χ3n) is 3.64. The molecule has 0 N–H and O–H groups in total. The molecule has 0 aliphatic carbocycles. The number of carbonyl (C=O) groups is 1. The van der Waals surface area contributed by atoms with Gasteiger partial charge in [0.15, 0.2) is 0 Å². The molecule has 22 heavy (non-hydrogen) atoms. The van der Waals surface area contributed by atoms with E-state index < -0.39 is 0 Å². The molecule has 1 atom stereocenters. The van der Waals surface area contributed by atoms with Crippen molar-refractivity contribution < 1.29 is 4.79 Å². The molecule has 2 aromatic rings. The van der Waals surface area contributed by atoms with Gasteiger partial charge in [0.25, 0.3) is 0 Å². The first-order valence-electron chi connectivity index (χ1n) is 6.93. The Bertz CT molecular complexity index is 741. The summed E-state index contributed by atoms with van der Waals surface area (Å²) in [6.45, 7) is 1.55. The van der Waals surface area contributed by atoms with Crippen LogP contribution in [0.4, 0.5) is 0 Å². The molecule has 5 heteroatoms. The lowest BCUT2D eigenvalue weighted by atomic mass is 9.98. The van der Waals surface area contributed by atoms with Gasteiger partial charge >= 0.3 is 0 Å². The van der Waals surface area contributed by atoms with Crippen molar-refractivity contribution in [2.24, 2.45) is 5.10 Å². The number of hydrogen-bond acceptors (Lipinski definition) is 2. The van der Waals surface area contributed by atoms with E-state index >= 15 is 0 Å². The largest absolute Gasteiger partial charge is 0.273 e. The van der Waals surface area contributed by atoms with Crippen molar-refractivity contribution in [2.75, 3.05) is 0 Å². The maximum Gasteiger partial charge on any atom is 0.240 e. The summed E-state index contributed by atoms with van der Waals surface area (Å²) in [7, 11) is 0. The normalized spacial score (nSPS) is 17.5. The first kappa shape index (κ1) is 15.4. The minimum absolute atomic E-state index is 0.0444. The second kappa shape index (κ2) is 6.34. The number of benzene rings is 2. The smallest absolute Gasteiger partial charge is 0.240 e.